The molecular formula is C23H26N2O3S. The fourth-order valence-corrected chi connectivity index (χ4v) is 4.07. The average molecular weight is 411 g/mol. The predicted molar refractivity (Wildman–Crippen MR) is 117 cm³/mol. The molecule has 0 saturated carbocycles. The zero-order chi connectivity index (χ0) is 21.0. The minimum absolute atomic E-state index is 0.0734. The second-order valence-corrected chi connectivity index (χ2v) is 8.19. The number of ketones is 1. The van der Waals surface area contributed by atoms with Crippen LogP contribution < -0.4 is 10.1 Å². The van der Waals surface area contributed by atoms with Crippen LogP contribution in [-0.2, 0) is 17.8 Å². The Bertz CT molecular complexity index is 1020. The van der Waals surface area contributed by atoms with Gasteiger partial charge < -0.3 is 14.6 Å². The van der Waals surface area contributed by atoms with Gasteiger partial charge in [0, 0.05) is 35.3 Å². The fourth-order valence-electron chi connectivity index (χ4n) is 3.37. The minimum atomic E-state index is -0.181. The number of carbonyl (C=O) groups is 2. The van der Waals surface area contributed by atoms with E-state index in [1.807, 2.05) is 39.0 Å². The van der Waals surface area contributed by atoms with Crippen LogP contribution in [0.3, 0.4) is 0 Å². The number of nitrogens with zero attached hydrogens (tertiary/aromatic N) is 1. The van der Waals surface area contributed by atoms with Crippen molar-refractivity contribution in [2.24, 2.45) is 0 Å². The summed E-state index contributed by atoms with van der Waals surface area (Å²) in [5.41, 5.74) is 4.27. The number of benzene rings is 1. The number of rotatable bonds is 8. The van der Waals surface area contributed by atoms with E-state index in [0.29, 0.717) is 17.0 Å². The van der Waals surface area contributed by atoms with Gasteiger partial charge in [-0.25, -0.2) is 0 Å². The highest BCUT2D eigenvalue weighted by molar-refractivity contribution is 7.09. The van der Waals surface area contributed by atoms with Gasteiger partial charge in [-0.2, -0.15) is 0 Å². The number of hydrogen-bond donors (Lipinski definition) is 1. The fraction of sp³-hybridized carbons (Fsp3) is 0.304. The SMILES string of the molecule is CC(=O)Nc1ccc(C)cc1OCC(=O)c1cc(C)n(CCc2cccs2)c1C. The molecule has 0 aliphatic rings. The van der Waals surface area contributed by atoms with E-state index in [1.54, 1.807) is 17.4 Å². The van der Waals surface area contributed by atoms with Crippen LogP contribution in [0.25, 0.3) is 0 Å². The summed E-state index contributed by atoms with van der Waals surface area (Å²) in [5, 5.41) is 4.82. The number of Topliss-reactive ketones (excluding diaryl/α,β-unsaturated/α-hetero) is 1. The van der Waals surface area contributed by atoms with Crippen LogP contribution >= 0.6 is 11.3 Å². The Morgan fingerprint density at radius 1 is 1.14 bits per heavy atom. The summed E-state index contributed by atoms with van der Waals surface area (Å²) in [6, 6.07) is 11.6. The normalized spacial score (nSPS) is 10.8. The maximum atomic E-state index is 12.8. The first kappa shape index (κ1) is 20.9. The van der Waals surface area contributed by atoms with E-state index in [2.05, 4.69) is 27.4 Å². The Morgan fingerprint density at radius 2 is 1.93 bits per heavy atom. The van der Waals surface area contributed by atoms with Crippen molar-refractivity contribution in [1.82, 2.24) is 4.57 Å². The van der Waals surface area contributed by atoms with E-state index in [4.69, 9.17) is 4.74 Å². The van der Waals surface area contributed by atoms with Gasteiger partial charge in [0.1, 0.15) is 5.75 Å². The molecule has 0 aliphatic heterocycles. The number of carbonyl (C=O) groups excluding carboxylic acids is 2. The van der Waals surface area contributed by atoms with Crippen LogP contribution in [0.15, 0.2) is 41.8 Å². The molecule has 2 heterocycles. The molecule has 1 N–H and O–H groups in total. The van der Waals surface area contributed by atoms with Crippen LogP contribution in [0.1, 0.15) is 39.1 Å². The van der Waals surface area contributed by atoms with Crippen LogP contribution in [0.2, 0.25) is 0 Å². The van der Waals surface area contributed by atoms with Crippen LogP contribution in [0, 0.1) is 20.8 Å². The molecule has 0 saturated heterocycles. The number of hydrogen-bond acceptors (Lipinski definition) is 4. The quantitative estimate of drug-likeness (QED) is 0.535. The van der Waals surface area contributed by atoms with Gasteiger partial charge in [-0.1, -0.05) is 12.1 Å². The van der Waals surface area contributed by atoms with Gasteiger partial charge in [0.2, 0.25) is 11.7 Å². The second-order valence-electron chi connectivity index (χ2n) is 7.16. The Hall–Kier alpha value is -2.86. The van der Waals surface area contributed by atoms with Crippen molar-refractivity contribution in [2.45, 2.75) is 40.7 Å². The first-order valence-electron chi connectivity index (χ1n) is 9.58. The maximum Gasteiger partial charge on any atom is 0.221 e. The van der Waals surface area contributed by atoms with Gasteiger partial charge in [0.25, 0.3) is 0 Å². The molecule has 0 bridgehead atoms. The largest absolute Gasteiger partial charge is 0.483 e. The predicted octanol–water partition coefficient (Wildman–Crippen LogP) is 4.94. The Morgan fingerprint density at radius 3 is 2.62 bits per heavy atom. The topological polar surface area (TPSA) is 60.3 Å². The van der Waals surface area contributed by atoms with Gasteiger partial charge in [-0.05, 0) is 62.4 Å². The summed E-state index contributed by atoms with van der Waals surface area (Å²) in [7, 11) is 0. The third kappa shape index (κ3) is 5.15. The average Bonchev–Trinajstić information content (AvgIpc) is 3.28. The highest BCUT2D eigenvalue weighted by atomic mass is 32.1. The molecule has 0 aliphatic carbocycles. The van der Waals surface area contributed by atoms with E-state index in [9.17, 15) is 9.59 Å². The maximum absolute atomic E-state index is 12.8. The van der Waals surface area contributed by atoms with Crippen molar-refractivity contribution in [3.63, 3.8) is 0 Å². The Labute approximate surface area is 175 Å². The van der Waals surface area contributed by atoms with Crippen molar-refractivity contribution >= 4 is 28.7 Å². The molecular weight excluding hydrogens is 384 g/mol. The molecule has 0 spiro atoms. The Kier molecular flexibility index (Phi) is 6.54. The Balaban J connectivity index is 1.71. The highest BCUT2D eigenvalue weighted by Gasteiger charge is 2.17. The molecule has 0 fully saturated rings. The van der Waals surface area contributed by atoms with Crippen LogP contribution in [0.4, 0.5) is 5.69 Å². The van der Waals surface area contributed by atoms with Crippen molar-refractivity contribution in [3.05, 3.63) is 69.2 Å². The van der Waals surface area contributed by atoms with Crippen molar-refractivity contribution < 1.29 is 14.3 Å². The molecule has 0 radical (unpaired) electrons. The van der Waals surface area contributed by atoms with Gasteiger partial charge in [0.05, 0.1) is 5.69 Å². The smallest absolute Gasteiger partial charge is 0.221 e. The first-order chi connectivity index (χ1) is 13.8. The summed E-state index contributed by atoms with van der Waals surface area (Å²) in [6.45, 7) is 8.15. The summed E-state index contributed by atoms with van der Waals surface area (Å²) in [5.74, 6) is 0.245. The molecule has 0 unspecified atom stereocenters. The van der Waals surface area contributed by atoms with Gasteiger partial charge in [0.15, 0.2) is 6.61 Å². The highest BCUT2D eigenvalue weighted by Crippen LogP contribution is 2.26. The number of aromatic nitrogens is 1. The first-order valence-corrected chi connectivity index (χ1v) is 10.5. The molecule has 3 rings (SSSR count). The second kappa shape index (κ2) is 9.09. The van der Waals surface area contributed by atoms with Gasteiger partial charge >= 0.3 is 0 Å². The van der Waals surface area contributed by atoms with E-state index in [0.717, 1.165) is 29.9 Å². The third-order valence-electron chi connectivity index (χ3n) is 4.84. The molecule has 0 atom stereocenters. The summed E-state index contributed by atoms with van der Waals surface area (Å²) >= 11 is 1.75. The molecule has 6 heteroatoms. The number of aryl methyl sites for hydroxylation is 3. The van der Waals surface area contributed by atoms with Crippen molar-refractivity contribution in [1.29, 1.82) is 0 Å². The molecule has 29 heavy (non-hydrogen) atoms. The molecule has 1 amide bonds. The van der Waals surface area contributed by atoms with Gasteiger partial charge in [-0.3, -0.25) is 9.59 Å². The lowest BCUT2D eigenvalue weighted by Crippen LogP contribution is -2.15. The summed E-state index contributed by atoms with van der Waals surface area (Å²) in [4.78, 5) is 25.6. The number of ether oxygens (including phenoxy) is 1. The van der Waals surface area contributed by atoms with Gasteiger partial charge in [-0.15, -0.1) is 11.3 Å². The van der Waals surface area contributed by atoms with E-state index in [1.165, 1.54) is 11.8 Å². The molecule has 3 aromatic rings. The molecule has 2 aromatic heterocycles. The lowest BCUT2D eigenvalue weighted by molar-refractivity contribution is -0.114. The van der Waals surface area contributed by atoms with Crippen LogP contribution in [-0.4, -0.2) is 22.9 Å². The molecule has 1 aromatic carbocycles. The monoisotopic (exact) mass is 410 g/mol. The summed E-state index contributed by atoms with van der Waals surface area (Å²) < 4.78 is 7.97. The standard InChI is InChI=1S/C23H26N2O3S/c1-15-7-8-21(24-18(4)26)23(12-15)28-14-22(27)20-13-16(2)25(17(20)3)10-9-19-6-5-11-29-19/h5-8,11-13H,9-10,14H2,1-4H3,(H,24,26). The van der Waals surface area contributed by atoms with Crippen molar-refractivity contribution in [3.8, 4) is 5.75 Å². The number of amides is 1. The minimum Gasteiger partial charge on any atom is -0.483 e. The zero-order valence-corrected chi connectivity index (χ0v) is 18.1. The number of nitrogens with one attached hydrogen (secondary N) is 1. The zero-order valence-electron chi connectivity index (χ0n) is 17.2. The van der Waals surface area contributed by atoms with Crippen molar-refractivity contribution in [2.75, 3.05) is 11.9 Å². The molecule has 5 nitrogen and oxygen atoms in total. The lowest BCUT2D eigenvalue weighted by atomic mass is 10.1. The van der Waals surface area contributed by atoms with Crippen LogP contribution in [0.5, 0.6) is 5.75 Å². The third-order valence-corrected chi connectivity index (χ3v) is 5.78. The van der Waals surface area contributed by atoms with E-state index >= 15 is 0 Å². The van der Waals surface area contributed by atoms with E-state index in [-0.39, 0.29) is 18.3 Å². The van der Waals surface area contributed by atoms with E-state index < -0.39 is 0 Å². The molecule has 152 valence electrons. The number of anilines is 1. The lowest BCUT2D eigenvalue weighted by Gasteiger charge is -2.12. The summed E-state index contributed by atoms with van der Waals surface area (Å²) in [6.07, 6.45) is 0.946. The number of thiophene rings is 1.